The van der Waals surface area contributed by atoms with Gasteiger partial charge in [-0.15, -0.1) is 11.8 Å². The second kappa shape index (κ2) is 8.37. The molecule has 0 unspecified atom stereocenters. The minimum Gasteiger partial charge on any atom is -0.506 e. The topological polar surface area (TPSA) is 61.7 Å². The first-order chi connectivity index (χ1) is 11.4. The zero-order valence-corrected chi connectivity index (χ0v) is 14.8. The van der Waals surface area contributed by atoms with E-state index in [2.05, 4.69) is 10.5 Å². The van der Waals surface area contributed by atoms with Gasteiger partial charge >= 0.3 is 0 Å². The molecule has 0 aliphatic rings. The lowest BCUT2D eigenvalue weighted by Gasteiger charge is -2.07. The minimum absolute atomic E-state index is 0.00000248. The number of carbonyl (C=O) groups is 1. The smallest absolute Gasteiger partial charge is 0.250 e. The number of halogens is 3. The summed E-state index contributed by atoms with van der Waals surface area (Å²) < 4.78 is 13.5. The van der Waals surface area contributed by atoms with Crippen molar-refractivity contribution in [3.8, 4) is 5.75 Å². The van der Waals surface area contributed by atoms with Crippen LogP contribution in [0.5, 0.6) is 5.75 Å². The van der Waals surface area contributed by atoms with E-state index in [1.807, 2.05) is 0 Å². The molecule has 2 rings (SSSR count). The van der Waals surface area contributed by atoms with Gasteiger partial charge in [0.15, 0.2) is 0 Å². The number of nitrogens with one attached hydrogen (secondary N) is 1. The maximum atomic E-state index is 13.5. The third-order valence-electron chi connectivity index (χ3n) is 2.96. The summed E-state index contributed by atoms with van der Waals surface area (Å²) in [6.07, 6.45) is 0. The summed E-state index contributed by atoms with van der Waals surface area (Å²) in [5, 5.41) is 14.2. The zero-order valence-electron chi connectivity index (χ0n) is 12.5. The molecule has 0 aromatic heterocycles. The molecule has 4 nitrogen and oxygen atoms in total. The van der Waals surface area contributed by atoms with Crippen LogP contribution in [0.1, 0.15) is 12.5 Å². The van der Waals surface area contributed by atoms with Crippen LogP contribution in [0.25, 0.3) is 0 Å². The number of hydrogen-bond donors (Lipinski definition) is 2. The van der Waals surface area contributed by atoms with Crippen molar-refractivity contribution < 1.29 is 14.3 Å². The fourth-order valence-corrected chi connectivity index (χ4v) is 3.01. The van der Waals surface area contributed by atoms with Crippen molar-refractivity contribution in [3.05, 3.63) is 57.8 Å². The van der Waals surface area contributed by atoms with E-state index < -0.39 is 5.91 Å². The third-order valence-corrected chi connectivity index (χ3v) is 4.52. The molecule has 0 heterocycles. The number of hydrogen-bond acceptors (Lipinski definition) is 4. The Morgan fingerprint density at radius 2 is 2.04 bits per heavy atom. The van der Waals surface area contributed by atoms with Crippen molar-refractivity contribution in [3.63, 3.8) is 0 Å². The summed E-state index contributed by atoms with van der Waals surface area (Å²) >= 11 is 12.8. The van der Waals surface area contributed by atoms with Crippen molar-refractivity contribution >= 4 is 46.6 Å². The Morgan fingerprint density at radius 1 is 1.33 bits per heavy atom. The van der Waals surface area contributed by atoms with E-state index in [1.54, 1.807) is 25.1 Å². The minimum atomic E-state index is -0.407. The van der Waals surface area contributed by atoms with Gasteiger partial charge in [0, 0.05) is 15.5 Å². The molecule has 0 saturated heterocycles. The molecule has 0 bridgehead atoms. The van der Waals surface area contributed by atoms with Gasteiger partial charge in [-0.2, -0.15) is 5.10 Å². The highest BCUT2D eigenvalue weighted by molar-refractivity contribution is 8.00. The maximum Gasteiger partial charge on any atom is 0.250 e. The van der Waals surface area contributed by atoms with Crippen LogP contribution in [-0.4, -0.2) is 22.5 Å². The number of phenols is 1. The van der Waals surface area contributed by atoms with E-state index in [-0.39, 0.29) is 22.3 Å². The molecule has 0 radical (unpaired) electrons. The highest BCUT2D eigenvalue weighted by Crippen LogP contribution is 2.31. The van der Waals surface area contributed by atoms with Crippen molar-refractivity contribution in [2.75, 3.05) is 5.75 Å². The number of hydrazone groups is 1. The van der Waals surface area contributed by atoms with E-state index >= 15 is 0 Å². The van der Waals surface area contributed by atoms with Crippen LogP contribution in [0, 0.1) is 5.82 Å². The van der Waals surface area contributed by atoms with Gasteiger partial charge in [0.2, 0.25) is 5.91 Å². The average Bonchev–Trinajstić information content (AvgIpc) is 2.55. The number of benzene rings is 2. The Hall–Kier alpha value is -1.76. The van der Waals surface area contributed by atoms with Gasteiger partial charge in [-0.3, -0.25) is 4.79 Å². The molecule has 2 aromatic rings. The maximum absolute atomic E-state index is 13.5. The lowest BCUT2D eigenvalue weighted by molar-refractivity contribution is -0.118. The monoisotopic (exact) mass is 386 g/mol. The molecule has 2 N–H and O–H groups in total. The van der Waals surface area contributed by atoms with Crippen LogP contribution >= 0.6 is 35.0 Å². The SMILES string of the molecule is C/C(=N\NC(=O)CSc1ccccc1F)c1cc(Cl)cc(Cl)c1O. The summed E-state index contributed by atoms with van der Waals surface area (Å²) in [6.45, 7) is 1.59. The second-order valence-electron chi connectivity index (χ2n) is 4.74. The number of rotatable bonds is 5. The third kappa shape index (κ3) is 4.87. The van der Waals surface area contributed by atoms with Gasteiger partial charge in [-0.1, -0.05) is 35.3 Å². The standard InChI is InChI=1S/C16H13Cl2FN2O2S/c1-9(11-6-10(17)7-12(18)16(11)23)20-21-15(22)8-24-14-5-3-2-4-13(14)19/h2-7,23H,8H2,1H3,(H,21,22)/b20-9+. The zero-order chi connectivity index (χ0) is 17.7. The summed E-state index contributed by atoms with van der Waals surface area (Å²) in [7, 11) is 0. The van der Waals surface area contributed by atoms with E-state index in [9.17, 15) is 14.3 Å². The molecule has 0 saturated carbocycles. The van der Waals surface area contributed by atoms with E-state index in [0.29, 0.717) is 21.2 Å². The highest BCUT2D eigenvalue weighted by atomic mass is 35.5. The molecule has 126 valence electrons. The molecule has 0 aliphatic heterocycles. The molecule has 24 heavy (non-hydrogen) atoms. The fraction of sp³-hybridized carbons (Fsp3) is 0.125. The summed E-state index contributed by atoms with van der Waals surface area (Å²) in [4.78, 5) is 12.2. The largest absolute Gasteiger partial charge is 0.506 e. The van der Waals surface area contributed by atoms with Crippen LogP contribution in [0.2, 0.25) is 10.0 Å². The Bertz CT molecular complexity index is 800. The quantitative estimate of drug-likeness (QED) is 0.452. The van der Waals surface area contributed by atoms with Gasteiger partial charge in [-0.05, 0) is 31.2 Å². The van der Waals surface area contributed by atoms with Gasteiger partial charge in [-0.25, -0.2) is 9.82 Å². The first-order valence-corrected chi connectivity index (χ1v) is 8.51. The van der Waals surface area contributed by atoms with Crippen molar-refractivity contribution in [2.24, 2.45) is 5.10 Å². The van der Waals surface area contributed by atoms with Gasteiger partial charge in [0.1, 0.15) is 11.6 Å². The van der Waals surface area contributed by atoms with Crippen LogP contribution in [0.3, 0.4) is 0 Å². The lowest BCUT2D eigenvalue weighted by atomic mass is 10.1. The number of carbonyl (C=O) groups excluding carboxylic acids is 1. The Morgan fingerprint density at radius 3 is 2.75 bits per heavy atom. The Labute approximate surface area is 152 Å². The van der Waals surface area contributed by atoms with Crippen LogP contribution < -0.4 is 5.43 Å². The number of nitrogens with zero attached hydrogens (tertiary/aromatic N) is 1. The lowest BCUT2D eigenvalue weighted by Crippen LogP contribution is -2.21. The summed E-state index contributed by atoms with van der Waals surface area (Å²) in [5.41, 5.74) is 2.99. The molecule has 0 aliphatic carbocycles. The van der Waals surface area contributed by atoms with Crippen LogP contribution in [0.4, 0.5) is 4.39 Å². The van der Waals surface area contributed by atoms with Gasteiger partial charge in [0.25, 0.3) is 0 Å². The van der Waals surface area contributed by atoms with Gasteiger partial charge in [0.05, 0.1) is 16.5 Å². The van der Waals surface area contributed by atoms with E-state index in [0.717, 1.165) is 11.8 Å². The van der Waals surface area contributed by atoms with Gasteiger partial charge < -0.3 is 5.11 Å². The molecule has 8 heteroatoms. The normalized spacial score (nSPS) is 11.4. The molecule has 0 atom stereocenters. The molecule has 2 aromatic carbocycles. The molecular formula is C16H13Cl2FN2O2S. The fourth-order valence-electron chi connectivity index (χ4n) is 1.79. The average molecular weight is 387 g/mol. The Balaban J connectivity index is 2.00. The van der Waals surface area contributed by atoms with E-state index in [4.69, 9.17) is 23.2 Å². The van der Waals surface area contributed by atoms with Crippen LogP contribution in [0.15, 0.2) is 46.4 Å². The molecular weight excluding hydrogens is 374 g/mol. The Kier molecular flexibility index (Phi) is 6.48. The number of phenolic OH excluding ortho intramolecular Hbond substituents is 1. The van der Waals surface area contributed by atoms with Crippen molar-refractivity contribution in [2.45, 2.75) is 11.8 Å². The number of thioether (sulfide) groups is 1. The molecule has 0 spiro atoms. The van der Waals surface area contributed by atoms with E-state index in [1.165, 1.54) is 18.2 Å². The number of aromatic hydroxyl groups is 1. The first kappa shape index (κ1) is 18.6. The van der Waals surface area contributed by atoms with Crippen molar-refractivity contribution in [1.29, 1.82) is 0 Å². The molecule has 1 amide bonds. The first-order valence-electron chi connectivity index (χ1n) is 6.77. The predicted molar refractivity (Wildman–Crippen MR) is 95.6 cm³/mol. The highest BCUT2D eigenvalue weighted by Gasteiger charge is 2.11. The number of amides is 1. The summed E-state index contributed by atoms with van der Waals surface area (Å²) in [5.74, 6) is -0.957. The van der Waals surface area contributed by atoms with Crippen molar-refractivity contribution in [1.82, 2.24) is 5.43 Å². The summed E-state index contributed by atoms with van der Waals surface area (Å²) in [6, 6.07) is 9.08. The molecule has 0 fully saturated rings. The van der Waals surface area contributed by atoms with Crippen LogP contribution in [-0.2, 0) is 4.79 Å². The predicted octanol–water partition coefficient (Wildman–Crippen LogP) is 4.47. The second-order valence-corrected chi connectivity index (χ2v) is 6.60.